The van der Waals surface area contributed by atoms with Crippen molar-refractivity contribution in [1.29, 1.82) is 0 Å². The zero-order valence-electron chi connectivity index (χ0n) is 8.14. The van der Waals surface area contributed by atoms with Crippen LogP contribution in [0.25, 0.3) is 0 Å². The maximum Gasteiger partial charge on any atom is 0.264 e. The second-order valence-electron chi connectivity index (χ2n) is 2.36. The highest BCUT2D eigenvalue weighted by molar-refractivity contribution is 5.50. The minimum absolute atomic E-state index is 0.0185. The first-order chi connectivity index (χ1) is 6.13. The van der Waals surface area contributed by atoms with E-state index < -0.39 is 6.43 Å². The van der Waals surface area contributed by atoms with Gasteiger partial charge in [-0.15, -0.1) is 0 Å². The minimum atomic E-state index is -2.43. The van der Waals surface area contributed by atoms with Gasteiger partial charge < -0.3 is 5.73 Å². The molecule has 1 rings (SSSR count). The van der Waals surface area contributed by atoms with Crippen LogP contribution in [0.1, 0.15) is 31.4 Å². The molecule has 0 amide bonds. The summed E-state index contributed by atoms with van der Waals surface area (Å²) in [5, 5.41) is 0. The van der Waals surface area contributed by atoms with E-state index in [1.165, 1.54) is 12.1 Å². The predicted molar refractivity (Wildman–Crippen MR) is 51.9 cm³/mol. The van der Waals surface area contributed by atoms with Crippen LogP contribution < -0.4 is 5.73 Å². The van der Waals surface area contributed by atoms with Gasteiger partial charge in [-0.05, 0) is 18.6 Å². The number of hydrogen-bond donors (Lipinski definition) is 1. The van der Waals surface area contributed by atoms with Crippen molar-refractivity contribution in [2.75, 3.05) is 5.73 Å². The van der Waals surface area contributed by atoms with Crippen LogP contribution in [0.4, 0.5) is 14.5 Å². The SMILES string of the molecule is CC.Cc1c(N)cccc1C(F)F. The third-order valence-corrected chi connectivity index (χ3v) is 1.65. The van der Waals surface area contributed by atoms with E-state index >= 15 is 0 Å². The van der Waals surface area contributed by atoms with Gasteiger partial charge in [-0.25, -0.2) is 8.78 Å². The van der Waals surface area contributed by atoms with Gasteiger partial charge in [0.05, 0.1) is 0 Å². The van der Waals surface area contributed by atoms with Crippen molar-refractivity contribution in [2.24, 2.45) is 0 Å². The lowest BCUT2D eigenvalue weighted by Crippen LogP contribution is -1.95. The zero-order chi connectivity index (χ0) is 10.4. The molecule has 0 aliphatic carbocycles. The summed E-state index contributed by atoms with van der Waals surface area (Å²) in [6.45, 7) is 5.59. The van der Waals surface area contributed by atoms with Crippen molar-refractivity contribution < 1.29 is 8.78 Å². The Morgan fingerprint density at radius 1 is 1.23 bits per heavy atom. The van der Waals surface area contributed by atoms with Gasteiger partial charge >= 0.3 is 0 Å². The molecule has 0 saturated heterocycles. The molecule has 0 bridgehead atoms. The van der Waals surface area contributed by atoms with Gasteiger partial charge in [-0.1, -0.05) is 26.0 Å². The van der Waals surface area contributed by atoms with Gasteiger partial charge in [-0.3, -0.25) is 0 Å². The van der Waals surface area contributed by atoms with Crippen LogP contribution in [-0.2, 0) is 0 Å². The third kappa shape index (κ3) is 3.01. The Bertz CT molecular complexity index is 259. The molecule has 0 heterocycles. The number of halogens is 2. The van der Waals surface area contributed by atoms with Crippen LogP contribution in [0.2, 0.25) is 0 Å². The first-order valence-electron chi connectivity index (χ1n) is 4.26. The number of anilines is 1. The fourth-order valence-electron chi connectivity index (χ4n) is 0.909. The van der Waals surface area contributed by atoms with Gasteiger partial charge in [0, 0.05) is 11.3 Å². The van der Waals surface area contributed by atoms with Gasteiger partial charge in [0.25, 0.3) is 6.43 Å². The van der Waals surface area contributed by atoms with E-state index in [1.54, 1.807) is 13.0 Å². The summed E-state index contributed by atoms with van der Waals surface area (Å²) >= 11 is 0. The standard InChI is InChI=1S/C8H9F2N.C2H6/c1-5-6(8(9)10)3-2-4-7(5)11;1-2/h2-4,8H,11H2,1H3;1-2H3. The molecular weight excluding hydrogens is 172 g/mol. The molecule has 0 aliphatic heterocycles. The van der Waals surface area contributed by atoms with Crippen molar-refractivity contribution in [3.8, 4) is 0 Å². The molecule has 0 saturated carbocycles. The molecule has 0 spiro atoms. The summed E-state index contributed by atoms with van der Waals surface area (Å²) in [6.07, 6.45) is -2.43. The Morgan fingerprint density at radius 2 is 1.77 bits per heavy atom. The predicted octanol–water partition coefficient (Wildman–Crippen LogP) is 3.54. The molecule has 0 unspecified atom stereocenters. The summed E-state index contributed by atoms with van der Waals surface area (Å²) < 4.78 is 24.3. The Hall–Kier alpha value is -1.12. The summed E-state index contributed by atoms with van der Waals surface area (Å²) in [6, 6.07) is 4.53. The Balaban J connectivity index is 0.000000671. The smallest absolute Gasteiger partial charge is 0.264 e. The number of alkyl halides is 2. The average Bonchev–Trinajstić information content (AvgIpc) is 2.13. The highest BCUT2D eigenvalue weighted by atomic mass is 19.3. The second kappa shape index (κ2) is 5.51. The summed E-state index contributed by atoms with van der Waals surface area (Å²) in [5.41, 5.74) is 6.34. The normalized spacial score (nSPS) is 9.38. The van der Waals surface area contributed by atoms with E-state index in [0.717, 1.165) is 0 Å². The molecule has 74 valence electrons. The molecule has 2 N–H and O–H groups in total. The van der Waals surface area contributed by atoms with Gasteiger partial charge in [0.15, 0.2) is 0 Å². The van der Waals surface area contributed by atoms with Gasteiger partial charge in [0.2, 0.25) is 0 Å². The van der Waals surface area contributed by atoms with Crippen LogP contribution in [0.15, 0.2) is 18.2 Å². The molecule has 0 fully saturated rings. The van der Waals surface area contributed by atoms with E-state index in [4.69, 9.17) is 5.73 Å². The number of rotatable bonds is 1. The van der Waals surface area contributed by atoms with E-state index in [1.807, 2.05) is 13.8 Å². The lowest BCUT2D eigenvalue weighted by molar-refractivity contribution is 0.150. The topological polar surface area (TPSA) is 26.0 Å². The van der Waals surface area contributed by atoms with Crippen molar-refractivity contribution >= 4 is 5.69 Å². The van der Waals surface area contributed by atoms with Crippen LogP contribution in [0.3, 0.4) is 0 Å². The number of nitrogens with two attached hydrogens (primary N) is 1. The highest BCUT2D eigenvalue weighted by Gasteiger charge is 2.10. The maximum atomic E-state index is 12.2. The maximum absolute atomic E-state index is 12.2. The van der Waals surface area contributed by atoms with E-state index in [0.29, 0.717) is 11.3 Å². The van der Waals surface area contributed by atoms with E-state index in [9.17, 15) is 8.78 Å². The van der Waals surface area contributed by atoms with Crippen molar-refractivity contribution in [1.82, 2.24) is 0 Å². The number of hydrogen-bond acceptors (Lipinski definition) is 1. The molecule has 13 heavy (non-hydrogen) atoms. The van der Waals surface area contributed by atoms with E-state index in [-0.39, 0.29) is 5.56 Å². The van der Waals surface area contributed by atoms with Gasteiger partial charge in [0.1, 0.15) is 0 Å². The quantitative estimate of drug-likeness (QED) is 0.668. The van der Waals surface area contributed by atoms with Gasteiger partial charge in [-0.2, -0.15) is 0 Å². The van der Waals surface area contributed by atoms with Crippen LogP contribution in [0.5, 0.6) is 0 Å². The van der Waals surface area contributed by atoms with E-state index in [2.05, 4.69) is 0 Å². The Labute approximate surface area is 77.6 Å². The van der Waals surface area contributed by atoms with Crippen LogP contribution in [0, 0.1) is 6.92 Å². The highest BCUT2D eigenvalue weighted by Crippen LogP contribution is 2.25. The average molecular weight is 187 g/mol. The fraction of sp³-hybridized carbons (Fsp3) is 0.400. The first kappa shape index (κ1) is 11.9. The fourth-order valence-corrected chi connectivity index (χ4v) is 0.909. The Kier molecular flexibility index (Phi) is 5.04. The summed E-state index contributed by atoms with van der Waals surface area (Å²) in [7, 11) is 0. The molecule has 0 radical (unpaired) electrons. The lowest BCUT2D eigenvalue weighted by atomic mass is 10.1. The summed E-state index contributed by atoms with van der Waals surface area (Å²) in [4.78, 5) is 0. The third-order valence-electron chi connectivity index (χ3n) is 1.65. The molecule has 1 aromatic rings. The van der Waals surface area contributed by atoms with Crippen LogP contribution in [-0.4, -0.2) is 0 Å². The molecule has 0 aromatic heterocycles. The monoisotopic (exact) mass is 187 g/mol. The van der Waals surface area contributed by atoms with Crippen LogP contribution >= 0.6 is 0 Å². The molecule has 3 heteroatoms. The van der Waals surface area contributed by atoms with Crippen molar-refractivity contribution in [3.05, 3.63) is 29.3 Å². The largest absolute Gasteiger partial charge is 0.399 e. The molecule has 1 nitrogen and oxygen atoms in total. The Morgan fingerprint density at radius 3 is 2.15 bits per heavy atom. The number of nitrogen functional groups attached to an aromatic ring is 1. The minimum Gasteiger partial charge on any atom is -0.399 e. The lowest BCUT2D eigenvalue weighted by Gasteiger charge is -2.05. The number of benzene rings is 1. The first-order valence-corrected chi connectivity index (χ1v) is 4.26. The molecule has 0 aliphatic rings. The van der Waals surface area contributed by atoms with Crippen molar-refractivity contribution in [2.45, 2.75) is 27.2 Å². The zero-order valence-corrected chi connectivity index (χ0v) is 8.14. The summed E-state index contributed by atoms with van der Waals surface area (Å²) in [5.74, 6) is 0. The second-order valence-corrected chi connectivity index (χ2v) is 2.36. The molecule has 0 atom stereocenters. The molecular formula is C10H15F2N. The van der Waals surface area contributed by atoms with Crippen molar-refractivity contribution in [3.63, 3.8) is 0 Å². The molecule has 1 aromatic carbocycles.